The molecular weight excluding hydrogens is 267 g/mol. The highest BCUT2D eigenvalue weighted by molar-refractivity contribution is 6.62. The lowest BCUT2D eigenvalue weighted by atomic mass is 9.73. The summed E-state index contributed by atoms with van der Waals surface area (Å²) < 4.78 is 12.0. The van der Waals surface area contributed by atoms with Crippen molar-refractivity contribution in [1.29, 1.82) is 0 Å². The molecule has 2 aliphatic rings. The zero-order chi connectivity index (χ0) is 15.5. The number of benzene rings is 1. The average molecular weight is 290 g/mol. The quantitative estimate of drug-likeness (QED) is 0.641. The van der Waals surface area contributed by atoms with Gasteiger partial charge in [0.2, 0.25) is 0 Å². The molecule has 0 aromatic heterocycles. The lowest BCUT2D eigenvalue weighted by molar-refractivity contribution is -0.220. The predicted molar refractivity (Wildman–Crippen MR) is 81.3 cm³/mol. The van der Waals surface area contributed by atoms with Crippen LogP contribution in [0.3, 0.4) is 0 Å². The van der Waals surface area contributed by atoms with Gasteiger partial charge in [-0.25, -0.2) is 0 Å². The molecule has 1 saturated carbocycles. The minimum absolute atomic E-state index is 0.229. The molecular formula is C16H23BO4. The van der Waals surface area contributed by atoms with Gasteiger partial charge in [-0.2, -0.15) is 0 Å². The molecule has 1 aliphatic carbocycles. The summed E-state index contributed by atoms with van der Waals surface area (Å²) in [6, 6.07) is 8.07. The van der Waals surface area contributed by atoms with Gasteiger partial charge in [0.15, 0.2) is 5.79 Å². The van der Waals surface area contributed by atoms with E-state index in [0.29, 0.717) is 12.8 Å². The molecule has 0 atom stereocenters. The van der Waals surface area contributed by atoms with Crippen LogP contribution in [-0.4, -0.2) is 34.3 Å². The fraction of sp³-hybridized carbons (Fsp3) is 0.625. The molecule has 1 aromatic rings. The van der Waals surface area contributed by atoms with Crippen molar-refractivity contribution >= 4 is 12.6 Å². The summed E-state index contributed by atoms with van der Waals surface area (Å²) >= 11 is 0. The van der Waals surface area contributed by atoms with Crippen molar-refractivity contribution in [3.05, 3.63) is 29.8 Å². The van der Waals surface area contributed by atoms with Crippen LogP contribution in [-0.2, 0) is 9.31 Å². The van der Waals surface area contributed by atoms with Crippen LogP contribution in [0, 0.1) is 0 Å². The smallest absolute Gasteiger partial charge is 0.399 e. The van der Waals surface area contributed by atoms with Gasteiger partial charge in [-0.05, 0) is 44.6 Å². The van der Waals surface area contributed by atoms with E-state index in [1.165, 1.54) is 0 Å². The largest absolute Gasteiger partial charge is 0.494 e. The highest BCUT2D eigenvalue weighted by atomic mass is 16.7. The number of aliphatic hydroxyl groups is 2. The molecule has 0 radical (unpaired) electrons. The summed E-state index contributed by atoms with van der Waals surface area (Å²) in [5, 5.41) is 18.8. The van der Waals surface area contributed by atoms with E-state index in [1.54, 1.807) is 0 Å². The maximum absolute atomic E-state index is 9.40. The molecule has 1 aliphatic heterocycles. The van der Waals surface area contributed by atoms with Gasteiger partial charge in [0, 0.05) is 12.8 Å². The first-order valence-electron chi connectivity index (χ1n) is 7.50. The number of hydrogen-bond acceptors (Lipinski definition) is 4. The molecule has 1 heterocycles. The normalized spacial score (nSPS) is 26.7. The van der Waals surface area contributed by atoms with Crippen molar-refractivity contribution in [3.8, 4) is 0 Å². The topological polar surface area (TPSA) is 58.9 Å². The van der Waals surface area contributed by atoms with E-state index in [2.05, 4.69) is 0 Å². The lowest BCUT2D eigenvalue weighted by Crippen LogP contribution is -2.42. The van der Waals surface area contributed by atoms with Crippen LogP contribution in [0.1, 0.15) is 52.0 Å². The molecule has 21 heavy (non-hydrogen) atoms. The second kappa shape index (κ2) is 4.56. The third kappa shape index (κ3) is 2.64. The van der Waals surface area contributed by atoms with Gasteiger partial charge in [-0.3, -0.25) is 0 Å². The van der Waals surface area contributed by atoms with Gasteiger partial charge in [-0.15, -0.1) is 0 Å². The lowest BCUT2D eigenvalue weighted by Gasteiger charge is -2.39. The van der Waals surface area contributed by atoms with E-state index in [0.717, 1.165) is 11.0 Å². The minimum Gasteiger partial charge on any atom is -0.399 e. The Morgan fingerprint density at radius 1 is 0.952 bits per heavy atom. The number of hydrogen-bond donors (Lipinski definition) is 2. The second-order valence-corrected chi connectivity index (χ2v) is 7.34. The summed E-state index contributed by atoms with van der Waals surface area (Å²) in [5.74, 6) is -1.25. The zero-order valence-electron chi connectivity index (χ0n) is 13.1. The molecule has 0 spiro atoms. The highest BCUT2D eigenvalue weighted by Gasteiger charge is 2.51. The molecule has 114 valence electrons. The van der Waals surface area contributed by atoms with Crippen molar-refractivity contribution in [2.75, 3.05) is 0 Å². The zero-order valence-corrected chi connectivity index (χ0v) is 13.1. The first-order valence-corrected chi connectivity index (χ1v) is 7.50. The third-order valence-electron chi connectivity index (χ3n) is 5.08. The van der Waals surface area contributed by atoms with Crippen molar-refractivity contribution in [3.63, 3.8) is 0 Å². The Hall–Kier alpha value is -0.875. The Kier molecular flexibility index (Phi) is 3.26. The maximum Gasteiger partial charge on any atom is 0.494 e. The molecule has 2 fully saturated rings. The summed E-state index contributed by atoms with van der Waals surface area (Å²) in [6.45, 7) is 8.16. The van der Waals surface area contributed by atoms with Gasteiger partial charge >= 0.3 is 7.12 Å². The summed E-state index contributed by atoms with van der Waals surface area (Å²) in [7, 11) is -0.347. The van der Waals surface area contributed by atoms with Crippen molar-refractivity contribution in [2.45, 2.75) is 63.4 Å². The van der Waals surface area contributed by atoms with Gasteiger partial charge < -0.3 is 19.5 Å². The van der Waals surface area contributed by atoms with E-state index in [1.807, 2.05) is 52.0 Å². The third-order valence-corrected chi connectivity index (χ3v) is 5.08. The van der Waals surface area contributed by atoms with Crippen molar-refractivity contribution in [1.82, 2.24) is 0 Å². The minimum atomic E-state index is -1.48. The molecule has 0 amide bonds. The Morgan fingerprint density at radius 2 is 1.43 bits per heavy atom. The van der Waals surface area contributed by atoms with Crippen molar-refractivity contribution < 1.29 is 19.5 Å². The van der Waals surface area contributed by atoms with Gasteiger partial charge in [0.05, 0.1) is 11.2 Å². The van der Waals surface area contributed by atoms with E-state index in [-0.39, 0.29) is 24.2 Å². The van der Waals surface area contributed by atoms with E-state index in [9.17, 15) is 10.2 Å². The highest BCUT2D eigenvalue weighted by Crippen LogP contribution is 2.42. The predicted octanol–water partition coefficient (Wildman–Crippen LogP) is 1.54. The van der Waals surface area contributed by atoms with Gasteiger partial charge in [0.25, 0.3) is 0 Å². The summed E-state index contributed by atoms with van der Waals surface area (Å²) in [5.41, 5.74) is 1.46. The first-order chi connectivity index (χ1) is 9.60. The summed E-state index contributed by atoms with van der Waals surface area (Å²) in [4.78, 5) is 0. The van der Waals surface area contributed by atoms with Gasteiger partial charge in [0.1, 0.15) is 0 Å². The molecule has 3 rings (SSSR count). The Morgan fingerprint density at radius 3 is 1.86 bits per heavy atom. The molecule has 0 unspecified atom stereocenters. The van der Waals surface area contributed by atoms with E-state index < -0.39 is 5.79 Å². The van der Waals surface area contributed by atoms with Crippen molar-refractivity contribution in [2.24, 2.45) is 0 Å². The van der Waals surface area contributed by atoms with Crippen LogP contribution < -0.4 is 5.46 Å². The fourth-order valence-corrected chi connectivity index (χ4v) is 2.87. The molecule has 4 nitrogen and oxygen atoms in total. The average Bonchev–Trinajstić information content (AvgIpc) is 2.56. The Balaban J connectivity index is 1.71. The van der Waals surface area contributed by atoms with Crippen LogP contribution in [0.15, 0.2) is 24.3 Å². The maximum atomic E-state index is 9.40. The van der Waals surface area contributed by atoms with Crippen LogP contribution in [0.5, 0.6) is 0 Å². The van der Waals surface area contributed by atoms with Crippen LogP contribution in [0.4, 0.5) is 0 Å². The molecule has 5 heteroatoms. The molecule has 1 aromatic carbocycles. The van der Waals surface area contributed by atoms with Gasteiger partial charge in [-0.1, -0.05) is 24.3 Å². The summed E-state index contributed by atoms with van der Waals surface area (Å²) in [6.07, 6.45) is 0.811. The Labute approximate surface area is 126 Å². The molecule has 0 bridgehead atoms. The van der Waals surface area contributed by atoms with Crippen LogP contribution in [0.2, 0.25) is 0 Å². The van der Waals surface area contributed by atoms with E-state index >= 15 is 0 Å². The monoisotopic (exact) mass is 290 g/mol. The first kappa shape index (κ1) is 15.0. The standard InChI is InChI=1S/C16H23BO4/c1-14(2)15(3,4)21-17(20-14)13-7-5-11(6-8-13)12-9-16(18,19)10-12/h5-8,12,18-19H,9-10H2,1-4H3. The molecule has 1 saturated heterocycles. The van der Waals surface area contributed by atoms with Crippen LogP contribution >= 0.6 is 0 Å². The van der Waals surface area contributed by atoms with E-state index in [4.69, 9.17) is 9.31 Å². The molecule has 2 N–H and O–H groups in total. The second-order valence-electron chi connectivity index (χ2n) is 7.34. The fourth-order valence-electron chi connectivity index (χ4n) is 2.87. The SMILES string of the molecule is CC1(C)OB(c2ccc(C3CC(O)(O)C3)cc2)OC1(C)C. The Bertz CT molecular complexity index is 512. The van der Waals surface area contributed by atoms with Crippen LogP contribution in [0.25, 0.3) is 0 Å². The number of rotatable bonds is 2.